The molecule has 2 atom stereocenters. The average Bonchev–Trinajstić information content (AvgIpc) is 2.74. The van der Waals surface area contributed by atoms with Crippen LogP contribution in [0.15, 0.2) is 22.8 Å². The largest absolute Gasteiger partial charge is 0.0764 e. The molecule has 0 N–H and O–H groups in total. The van der Waals surface area contributed by atoms with Gasteiger partial charge in [-0.25, -0.2) is 0 Å². The summed E-state index contributed by atoms with van der Waals surface area (Å²) in [5, 5.41) is 0. The summed E-state index contributed by atoms with van der Waals surface area (Å²) in [5.74, 6) is 0.785. The normalized spacial score (nSPS) is 46.3. The van der Waals surface area contributed by atoms with E-state index >= 15 is 0 Å². The van der Waals surface area contributed by atoms with Crippen LogP contribution in [0.2, 0.25) is 0 Å². The first-order valence-electron chi connectivity index (χ1n) is 4.95. The van der Waals surface area contributed by atoms with Gasteiger partial charge in [0.15, 0.2) is 0 Å². The molecule has 2 unspecified atom stereocenters. The van der Waals surface area contributed by atoms with E-state index in [-0.39, 0.29) is 0 Å². The third kappa shape index (κ3) is 0.512. The van der Waals surface area contributed by atoms with Gasteiger partial charge in [-0.3, -0.25) is 0 Å². The highest BCUT2D eigenvalue weighted by atomic mass is 14.7. The Morgan fingerprint density at radius 1 is 1.33 bits per heavy atom. The standard InChI is InChI=1S/C12H16/c1-7-5-8-10(11(8,2)3)9-6-12(7,9)4/h5,7H,6H2,1-4H3. The number of allylic oxidation sites excluding steroid dienone is 4. The van der Waals surface area contributed by atoms with Crippen molar-refractivity contribution in [2.24, 2.45) is 16.7 Å². The summed E-state index contributed by atoms with van der Waals surface area (Å²) < 4.78 is 0. The zero-order valence-corrected chi connectivity index (χ0v) is 8.36. The van der Waals surface area contributed by atoms with Crippen LogP contribution in [0.25, 0.3) is 0 Å². The summed E-state index contributed by atoms with van der Waals surface area (Å²) in [6.07, 6.45) is 3.87. The molecule has 2 fully saturated rings. The van der Waals surface area contributed by atoms with Gasteiger partial charge in [0, 0.05) is 5.41 Å². The van der Waals surface area contributed by atoms with Crippen LogP contribution < -0.4 is 0 Å². The first-order valence-corrected chi connectivity index (χ1v) is 4.95. The fourth-order valence-electron chi connectivity index (χ4n) is 2.90. The van der Waals surface area contributed by atoms with Crippen molar-refractivity contribution < 1.29 is 0 Å². The van der Waals surface area contributed by atoms with E-state index in [2.05, 4.69) is 33.8 Å². The molecule has 0 saturated heterocycles. The Kier molecular flexibility index (Phi) is 0.839. The highest BCUT2D eigenvalue weighted by Gasteiger charge is 2.62. The number of rotatable bonds is 0. The minimum Gasteiger partial charge on any atom is -0.0764 e. The Morgan fingerprint density at radius 3 is 2.67 bits per heavy atom. The zero-order chi connectivity index (χ0) is 8.72. The minimum absolute atomic E-state index is 0.456. The topological polar surface area (TPSA) is 0 Å². The molecule has 0 heteroatoms. The maximum Gasteiger partial charge on any atom is 0.0149 e. The Labute approximate surface area is 74.4 Å². The quantitative estimate of drug-likeness (QED) is 0.510. The van der Waals surface area contributed by atoms with Crippen LogP contribution in [0, 0.1) is 16.7 Å². The molecule has 3 rings (SSSR count). The van der Waals surface area contributed by atoms with Gasteiger partial charge in [0.25, 0.3) is 0 Å². The van der Waals surface area contributed by atoms with Crippen molar-refractivity contribution in [3.8, 4) is 0 Å². The third-order valence-corrected chi connectivity index (χ3v) is 4.34. The van der Waals surface area contributed by atoms with Gasteiger partial charge in [-0.2, -0.15) is 0 Å². The zero-order valence-electron chi connectivity index (χ0n) is 8.36. The lowest BCUT2D eigenvalue weighted by atomic mass is 9.89. The number of hydrogen-bond acceptors (Lipinski definition) is 0. The van der Waals surface area contributed by atoms with Crippen LogP contribution in [-0.2, 0) is 0 Å². The molecule has 0 aromatic heterocycles. The van der Waals surface area contributed by atoms with Gasteiger partial charge in [-0.15, -0.1) is 0 Å². The van der Waals surface area contributed by atoms with Crippen molar-refractivity contribution >= 4 is 0 Å². The Morgan fingerprint density at radius 2 is 2.00 bits per heavy atom. The van der Waals surface area contributed by atoms with E-state index < -0.39 is 0 Å². The van der Waals surface area contributed by atoms with Gasteiger partial charge in [0.1, 0.15) is 0 Å². The molecule has 0 aliphatic heterocycles. The second-order valence-electron chi connectivity index (χ2n) is 5.44. The average molecular weight is 160 g/mol. The molecular formula is C12H16. The predicted octanol–water partition coefficient (Wildman–Crippen LogP) is 3.31. The fourth-order valence-corrected chi connectivity index (χ4v) is 2.90. The van der Waals surface area contributed by atoms with Crippen LogP contribution in [0.3, 0.4) is 0 Å². The smallest absolute Gasteiger partial charge is 0.0149 e. The second kappa shape index (κ2) is 1.45. The van der Waals surface area contributed by atoms with E-state index in [9.17, 15) is 0 Å². The molecule has 64 valence electrons. The summed E-state index contributed by atoms with van der Waals surface area (Å²) >= 11 is 0. The van der Waals surface area contributed by atoms with E-state index in [0.717, 1.165) is 5.92 Å². The van der Waals surface area contributed by atoms with Gasteiger partial charge >= 0.3 is 0 Å². The molecule has 3 aliphatic rings. The summed E-state index contributed by atoms with van der Waals surface area (Å²) in [5.41, 5.74) is 6.17. The summed E-state index contributed by atoms with van der Waals surface area (Å²) in [7, 11) is 0. The maximum atomic E-state index is 2.51. The molecular weight excluding hydrogens is 144 g/mol. The Balaban J connectivity index is 2.19. The van der Waals surface area contributed by atoms with E-state index in [1.165, 1.54) is 6.42 Å². The molecule has 0 spiro atoms. The molecule has 12 heavy (non-hydrogen) atoms. The summed E-state index contributed by atoms with van der Waals surface area (Å²) in [4.78, 5) is 0. The van der Waals surface area contributed by atoms with Crippen molar-refractivity contribution in [1.82, 2.24) is 0 Å². The van der Waals surface area contributed by atoms with E-state index in [0.29, 0.717) is 10.8 Å². The molecule has 0 radical (unpaired) electrons. The third-order valence-electron chi connectivity index (χ3n) is 4.34. The molecule has 0 amide bonds. The fraction of sp³-hybridized carbons (Fsp3) is 0.667. The maximum absolute atomic E-state index is 2.51. The van der Waals surface area contributed by atoms with Crippen molar-refractivity contribution in [2.45, 2.75) is 34.1 Å². The van der Waals surface area contributed by atoms with Gasteiger partial charge in [-0.05, 0) is 28.9 Å². The SMILES string of the molecule is CC1C=C2C(=C3CC31C)C2(C)C. The van der Waals surface area contributed by atoms with Crippen LogP contribution in [-0.4, -0.2) is 0 Å². The van der Waals surface area contributed by atoms with Crippen LogP contribution in [0.4, 0.5) is 0 Å². The Bertz CT molecular complexity index is 341. The van der Waals surface area contributed by atoms with Crippen LogP contribution in [0.5, 0.6) is 0 Å². The molecule has 0 aromatic rings. The minimum atomic E-state index is 0.456. The van der Waals surface area contributed by atoms with Gasteiger partial charge in [-0.1, -0.05) is 39.3 Å². The molecule has 2 saturated carbocycles. The van der Waals surface area contributed by atoms with E-state index in [1.807, 2.05) is 0 Å². The van der Waals surface area contributed by atoms with Crippen molar-refractivity contribution in [2.75, 3.05) is 0 Å². The summed E-state index contributed by atoms with van der Waals surface area (Å²) in [6.45, 7) is 9.50. The van der Waals surface area contributed by atoms with E-state index in [4.69, 9.17) is 0 Å². The van der Waals surface area contributed by atoms with Gasteiger partial charge < -0.3 is 0 Å². The monoisotopic (exact) mass is 160 g/mol. The van der Waals surface area contributed by atoms with Crippen molar-refractivity contribution in [1.29, 1.82) is 0 Å². The van der Waals surface area contributed by atoms with Gasteiger partial charge in [0.2, 0.25) is 0 Å². The second-order valence-corrected chi connectivity index (χ2v) is 5.44. The lowest BCUT2D eigenvalue weighted by molar-refractivity contribution is 0.459. The summed E-state index contributed by atoms with van der Waals surface area (Å²) in [6, 6.07) is 0. The molecule has 0 aromatic carbocycles. The highest BCUT2D eigenvalue weighted by Crippen LogP contribution is 2.73. The van der Waals surface area contributed by atoms with Crippen LogP contribution in [0.1, 0.15) is 34.1 Å². The van der Waals surface area contributed by atoms with Crippen molar-refractivity contribution in [3.63, 3.8) is 0 Å². The first-order chi connectivity index (χ1) is 5.48. The number of fused-ring (bicyclic) bond motifs is 2. The lowest BCUT2D eigenvalue weighted by Gasteiger charge is -2.15. The highest BCUT2D eigenvalue weighted by molar-refractivity contribution is 5.70. The number of hydrogen-bond donors (Lipinski definition) is 0. The molecule has 0 heterocycles. The molecule has 0 bridgehead atoms. The van der Waals surface area contributed by atoms with Gasteiger partial charge in [0.05, 0.1) is 0 Å². The first kappa shape index (κ1) is 6.94. The van der Waals surface area contributed by atoms with Crippen molar-refractivity contribution in [3.05, 3.63) is 22.8 Å². The van der Waals surface area contributed by atoms with Crippen LogP contribution >= 0.6 is 0 Å². The predicted molar refractivity (Wildman–Crippen MR) is 50.8 cm³/mol. The lowest BCUT2D eigenvalue weighted by Crippen LogP contribution is -2.07. The molecule has 0 nitrogen and oxygen atoms in total. The van der Waals surface area contributed by atoms with E-state index in [1.54, 1.807) is 16.7 Å². The molecule has 3 aliphatic carbocycles. The Hall–Kier alpha value is -0.520.